The number of rotatable bonds is 3. The van der Waals surface area contributed by atoms with Crippen LogP contribution in [0.2, 0.25) is 0 Å². The Labute approximate surface area is 102 Å². The van der Waals surface area contributed by atoms with Crippen molar-refractivity contribution in [2.24, 2.45) is 5.92 Å². The molecule has 3 nitrogen and oxygen atoms in total. The average Bonchev–Trinajstić information content (AvgIpc) is 2.81. The normalized spacial score (nSPS) is 19.6. The van der Waals surface area contributed by atoms with Gasteiger partial charge in [0, 0.05) is 25.6 Å². The fourth-order valence-electron chi connectivity index (χ4n) is 2.20. The zero-order chi connectivity index (χ0) is 12.3. The number of nitrogens with zero attached hydrogens (tertiary/aromatic N) is 1. The van der Waals surface area contributed by atoms with E-state index in [9.17, 15) is 4.79 Å². The lowest BCUT2D eigenvalue weighted by Gasteiger charge is -2.16. The molecule has 17 heavy (non-hydrogen) atoms. The first-order valence-electron chi connectivity index (χ1n) is 6.13. The summed E-state index contributed by atoms with van der Waals surface area (Å²) in [6.07, 6.45) is 1.40. The van der Waals surface area contributed by atoms with Crippen LogP contribution in [-0.2, 0) is 11.2 Å². The molecule has 1 N–H and O–H groups in total. The highest BCUT2D eigenvalue weighted by molar-refractivity contribution is 5.79. The van der Waals surface area contributed by atoms with Crippen molar-refractivity contribution in [2.45, 2.75) is 19.8 Å². The van der Waals surface area contributed by atoms with E-state index in [4.69, 9.17) is 5.11 Å². The van der Waals surface area contributed by atoms with Crippen LogP contribution >= 0.6 is 0 Å². The van der Waals surface area contributed by atoms with Crippen LogP contribution in [0.15, 0.2) is 24.3 Å². The third-order valence-corrected chi connectivity index (χ3v) is 3.37. The first-order valence-corrected chi connectivity index (χ1v) is 6.13. The predicted molar refractivity (Wildman–Crippen MR) is 66.7 cm³/mol. The van der Waals surface area contributed by atoms with Crippen molar-refractivity contribution in [3.8, 4) is 0 Å². The number of carbonyl (C=O) groups excluding carboxylic acids is 1. The van der Waals surface area contributed by atoms with Crippen molar-refractivity contribution in [2.75, 3.05) is 19.7 Å². The van der Waals surface area contributed by atoms with E-state index in [2.05, 4.69) is 0 Å². The second-order valence-corrected chi connectivity index (χ2v) is 4.84. The van der Waals surface area contributed by atoms with Gasteiger partial charge in [-0.05, 0) is 18.9 Å². The molecule has 0 unspecified atom stereocenters. The number of aryl methyl sites for hydroxylation is 1. The highest BCUT2D eigenvalue weighted by atomic mass is 16.3. The molecule has 0 bridgehead atoms. The SMILES string of the molecule is Cc1ccc(CC(=O)N2CC[C@H](CO)C2)cc1. The second kappa shape index (κ2) is 5.32. The Morgan fingerprint density at radius 2 is 2.12 bits per heavy atom. The number of likely N-dealkylation sites (tertiary alicyclic amines) is 1. The minimum atomic E-state index is 0.171. The topological polar surface area (TPSA) is 40.5 Å². The maximum absolute atomic E-state index is 12.0. The smallest absolute Gasteiger partial charge is 0.227 e. The third-order valence-electron chi connectivity index (χ3n) is 3.37. The summed E-state index contributed by atoms with van der Waals surface area (Å²) in [5.74, 6) is 0.446. The van der Waals surface area contributed by atoms with Gasteiger partial charge in [0.25, 0.3) is 0 Å². The van der Waals surface area contributed by atoms with Crippen LogP contribution in [0.25, 0.3) is 0 Å². The Morgan fingerprint density at radius 3 is 2.71 bits per heavy atom. The van der Waals surface area contributed by atoms with Gasteiger partial charge >= 0.3 is 0 Å². The highest BCUT2D eigenvalue weighted by Crippen LogP contribution is 2.16. The zero-order valence-corrected chi connectivity index (χ0v) is 10.2. The Hall–Kier alpha value is -1.35. The number of aliphatic hydroxyl groups is 1. The molecular formula is C14H19NO2. The molecule has 0 aromatic heterocycles. The molecule has 1 aliphatic heterocycles. The fourth-order valence-corrected chi connectivity index (χ4v) is 2.20. The molecule has 0 saturated carbocycles. The summed E-state index contributed by atoms with van der Waals surface area (Å²) in [6, 6.07) is 8.08. The molecule has 2 rings (SSSR count). The molecule has 0 aliphatic carbocycles. The van der Waals surface area contributed by atoms with Gasteiger partial charge in [-0.1, -0.05) is 29.8 Å². The molecule has 1 fully saturated rings. The van der Waals surface area contributed by atoms with Gasteiger partial charge in [0.05, 0.1) is 6.42 Å². The minimum absolute atomic E-state index is 0.171. The van der Waals surface area contributed by atoms with E-state index < -0.39 is 0 Å². The quantitative estimate of drug-likeness (QED) is 0.856. The monoisotopic (exact) mass is 233 g/mol. The summed E-state index contributed by atoms with van der Waals surface area (Å²) in [7, 11) is 0. The van der Waals surface area contributed by atoms with Gasteiger partial charge < -0.3 is 10.0 Å². The van der Waals surface area contributed by atoms with Gasteiger partial charge in [0.2, 0.25) is 5.91 Å². The van der Waals surface area contributed by atoms with E-state index >= 15 is 0 Å². The lowest BCUT2D eigenvalue weighted by molar-refractivity contribution is -0.129. The summed E-state index contributed by atoms with van der Waals surface area (Å²) < 4.78 is 0. The van der Waals surface area contributed by atoms with Crippen LogP contribution in [0.3, 0.4) is 0 Å². The standard InChI is InChI=1S/C14H19NO2/c1-11-2-4-12(5-3-11)8-14(17)15-7-6-13(9-15)10-16/h2-5,13,16H,6-10H2,1H3/t13-/m0/s1. The van der Waals surface area contributed by atoms with Gasteiger partial charge in [-0.15, -0.1) is 0 Å². The lowest BCUT2D eigenvalue weighted by atomic mass is 10.1. The summed E-state index contributed by atoms with van der Waals surface area (Å²) in [6.45, 7) is 3.73. The first-order chi connectivity index (χ1) is 8.19. The molecule has 1 saturated heterocycles. The van der Waals surface area contributed by atoms with E-state index in [0.29, 0.717) is 13.0 Å². The molecule has 3 heteroatoms. The highest BCUT2D eigenvalue weighted by Gasteiger charge is 2.25. The van der Waals surface area contributed by atoms with Crippen LogP contribution in [0.1, 0.15) is 17.5 Å². The molecule has 1 aromatic carbocycles. The second-order valence-electron chi connectivity index (χ2n) is 4.84. The first kappa shape index (κ1) is 12.1. The van der Waals surface area contributed by atoms with Crippen LogP contribution in [0.4, 0.5) is 0 Å². The molecule has 1 heterocycles. The van der Waals surface area contributed by atoms with Gasteiger partial charge in [-0.25, -0.2) is 0 Å². The van der Waals surface area contributed by atoms with Crippen LogP contribution in [0.5, 0.6) is 0 Å². The van der Waals surface area contributed by atoms with E-state index in [1.165, 1.54) is 5.56 Å². The van der Waals surface area contributed by atoms with Crippen molar-refractivity contribution in [3.63, 3.8) is 0 Å². The Balaban J connectivity index is 1.91. The largest absolute Gasteiger partial charge is 0.396 e. The van der Waals surface area contributed by atoms with Crippen molar-refractivity contribution < 1.29 is 9.90 Å². The zero-order valence-electron chi connectivity index (χ0n) is 10.2. The Morgan fingerprint density at radius 1 is 1.41 bits per heavy atom. The van der Waals surface area contributed by atoms with Crippen molar-refractivity contribution in [3.05, 3.63) is 35.4 Å². The van der Waals surface area contributed by atoms with Gasteiger partial charge in [0.1, 0.15) is 0 Å². The minimum Gasteiger partial charge on any atom is -0.396 e. The van der Waals surface area contributed by atoms with Crippen molar-refractivity contribution in [1.29, 1.82) is 0 Å². The van der Waals surface area contributed by atoms with Crippen LogP contribution < -0.4 is 0 Å². The summed E-state index contributed by atoms with van der Waals surface area (Å²) in [4.78, 5) is 13.9. The van der Waals surface area contributed by atoms with Gasteiger partial charge in [-0.3, -0.25) is 4.79 Å². The van der Waals surface area contributed by atoms with E-state index in [-0.39, 0.29) is 18.4 Å². The van der Waals surface area contributed by atoms with Crippen molar-refractivity contribution >= 4 is 5.91 Å². The van der Waals surface area contributed by atoms with Gasteiger partial charge in [0.15, 0.2) is 0 Å². The van der Waals surface area contributed by atoms with Crippen LogP contribution in [0, 0.1) is 12.8 Å². The average molecular weight is 233 g/mol. The Kier molecular flexibility index (Phi) is 3.79. The van der Waals surface area contributed by atoms with E-state index in [1.54, 1.807) is 0 Å². The number of amides is 1. The van der Waals surface area contributed by atoms with E-state index in [1.807, 2.05) is 36.1 Å². The molecule has 0 spiro atoms. The molecular weight excluding hydrogens is 214 g/mol. The lowest BCUT2D eigenvalue weighted by Crippen LogP contribution is -2.30. The maximum Gasteiger partial charge on any atom is 0.227 e. The molecule has 0 radical (unpaired) electrons. The summed E-state index contributed by atoms with van der Waals surface area (Å²) in [5.41, 5.74) is 2.27. The molecule has 1 atom stereocenters. The third kappa shape index (κ3) is 3.07. The number of carbonyl (C=O) groups is 1. The molecule has 92 valence electrons. The number of aliphatic hydroxyl groups excluding tert-OH is 1. The predicted octanol–water partition coefficient (Wildman–Crippen LogP) is 1.38. The Bertz CT molecular complexity index is 386. The summed E-state index contributed by atoms with van der Waals surface area (Å²) >= 11 is 0. The van der Waals surface area contributed by atoms with E-state index in [0.717, 1.165) is 18.5 Å². The van der Waals surface area contributed by atoms with Gasteiger partial charge in [-0.2, -0.15) is 0 Å². The molecule has 1 amide bonds. The maximum atomic E-state index is 12.0. The number of hydrogen-bond donors (Lipinski definition) is 1. The number of benzene rings is 1. The molecule has 1 aromatic rings. The van der Waals surface area contributed by atoms with Crippen LogP contribution in [-0.4, -0.2) is 35.6 Å². The summed E-state index contributed by atoms with van der Waals surface area (Å²) in [5, 5.41) is 9.05. The van der Waals surface area contributed by atoms with Crippen molar-refractivity contribution in [1.82, 2.24) is 4.90 Å². The number of hydrogen-bond acceptors (Lipinski definition) is 2. The fraction of sp³-hybridized carbons (Fsp3) is 0.500. The molecule has 1 aliphatic rings.